The molecule has 1 aromatic rings. The third kappa shape index (κ3) is 2.81. The Morgan fingerprint density at radius 2 is 2.45 bits per heavy atom. The van der Waals surface area contributed by atoms with E-state index in [-0.39, 0.29) is 10.9 Å². The number of nitrogens with zero attached hydrogens (tertiary/aromatic N) is 1. The summed E-state index contributed by atoms with van der Waals surface area (Å²) in [5, 5.41) is 2.55. The van der Waals surface area contributed by atoms with Crippen molar-refractivity contribution in [2.24, 2.45) is 0 Å². The molecule has 0 unspecified atom stereocenters. The molecular formula is C6H10N2O2S. The Labute approximate surface area is 69.5 Å². The van der Waals surface area contributed by atoms with E-state index in [1.165, 1.54) is 0 Å². The van der Waals surface area contributed by atoms with Crippen molar-refractivity contribution in [3.63, 3.8) is 0 Å². The molecule has 0 saturated carbocycles. The Kier molecular flexibility index (Phi) is 2.78. The quantitative estimate of drug-likeness (QED) is 0.708. The molecule has 0 spiro atoms. The summed E-state index contributed by atoms with van der Waals surface area (Å²) < 4.78 is 9.94. The first-order chi connectivity index (χ1) is 5.18. The molecule has 0 aliphatic carbocycles. The van der Waals surface area contributed by atoms with Gasteiger partial charge in [0.05, 0.1) is 6.10 Å². The van der Waals surface area contributed by atoms with Crippen molar-refractivity contribution in [2.75, 3.05) is 0 Å². The monoisotopic (exact) mass is 174 g/mol. The lowest BCUT2D eigenvalue weighted by Gasteiger charge is -2.02. The molecule has 1 heterocycles. The van der Waals surface area contributed by atoms with Crippen LogP contribution in [0, 0.1) is 4.84 Å². The fraction of sp³-hybridized carbons (Fsp3) is 0.667. The molecule has 0 aliphatic heterocycles. The van der Waals surface area contributed by atoms with Crippen LogP contribution >= 0.6 is 12.2 Å². The lowest BCUT2D eigenvalue weighted by atomic mass is 10.5. The van der Waals surface area contributed by atoms with Gasteiger partial charge in [-0.15, -0.1) is 0 Å². The van der Waals surface area contributed by atoms with Crippen LogP contribution in [0.15, 0.2) is 4.52 Å². The number of hydrogen-bond acceptors (Lipinski definition) is 4. The maximum Gasteiger partial charge on any atom is 0.314 e. The first kappa shape index (κ1) is 8.42. The Hall–Kier alpha value is -0.680. The predicted molar refractivity (Wildman–Crippen MR) is 41.6 cm³/mol. The Balaban J connectivity index is 2.45. The van der Waals surface area contributed by atoms with Crippen molar-refractivity contribution in [3.8, 4) is 0 Å². The molecule has 11 heavy (non-hydrogen) atoms. The molecule has 0 atom stereocenters. The van der Waals surface area contributed by atoms with Crippen LogP contribution in [0.25, 0.3) is 0 Å². The highest BCUT2D eigenvalue weighted by Crippen LogP contribution is 1.97. The maximum atomic E-state index is 5.24. The van der Waals surface area contributed by atoms with Gasteiger partial charge in [-0.25, -0.2) is 5.16 Å². The molecule has 0 saturated heterocycles. The molecule has 0 aromatic carbocycles. The molecule has 1 aromatic heterocycles. The molecule has 1 N–H and O–H groups in total. The third-order valence-electron chi connectivity index (χ3n) is 1.04. The summed E-state index contributed by atoms with van der Waals surface area (Å²) in [6, 6.07) is 0. The van der Waals surface area contributed by atoms with Crippen LogP contribution in [0.5, 0.6) is 0 Å². The minimum atomic E-state index is 0.189. The van der Waals surface area contributed by atoms with Gasteiger partial charge in [0.15, 0.2) is 5.82 Å². The molecule has 62 valence electrons. The highest BCUT2D eigenvalue weighted by Gasteiger charge is 1.99. The zero-order valence-corrected chi connectivity index (χ0v) is 7.27. The standard InChI is InChI=1S/C6H10N2O2S/c1-4(2)9-3-5-7-6(11)10-8-5/h4H,3H2,1-2H3,(H,7,8,11). The van der Waals surface area contributed by atoms with Crippen LogP contribution < -0.4 is 0 Å². The lowest BCUT2D eigenvalue weighted by Crippen LogP contribution is -2.03. The first-order valence-electron chi connectivity index (χ1n) is 3.34. The molecule has 0 radical (unpaired) electrons. The Bertz CT molecular complexity index is 266. The lowest BCUT2D eigenvalue weighted by molar-refractivity contribution is 0.0601. The van der Waals surface area contributed by atoms with Gasteiger partial charge in [0.25, 0.3) is 0 Å². The SMILES string of the molecule is CC(C)OCc1nc(=S)o[nH]1. The van der Waals surface area contributed by atoms with Gasteiger partial charge in [0.1, 0.15) is 6.61 Å². The van der Waals surface area contributed by atoms with E-state index in [0.29, 0.717) is 12.4 Å². The van der Waals surface area contributed by atoms with Gasteiger partial charge in [-0.05, 0) is 26.1 Å². The second-order valence-electron chi connectivity index (χ2n) is 2.39. The van der Waals surface area contributed by atoms with E-state index in [4.69, 9.17) is 9.26 Å². The number of nitrogens with one attached hydrogen (secondary N) is 1. The average Bonchev–Trinajstić information content (AvgIpc) is 2.31. The minimum Gasteiger partial charge on any atom is -0.371 e. The molecule has 0 aliphatic rings. The summed E-state index contributed by atoms with van der Waals surface area (Å²) in [7, 11) is 0. The van der Waals surface area contributed by atoms with Gasteiger partial charge in [0.2, 0.25) is 0 Å². The molecule has 5 heteroatoms. The molecule has 4 nitrogen and oxygen atoms in total. The highest BCUT2D eigenvalue weighted by molar-refractivity contribution is 7.71. The van der Waals surface area contributed by atoms with E-state index in [1.807, 2.05) is 13.8 Å². The van der Waals surface area contributed by atoms with Gasteiger partial charge in [-0.1, -0.05) is 0 Å². The smallest absolute Gasteiger partial charge is 0.314 e. The summed E-state index contributed by atoms with van der Waals surface area (Å²) >= 11 is 4.65. The third-order valence-corrected chi connectivity index (χ3v) is 1.21. The topological polar surface area (TPSA) is 51.1 Å². The zero-order chi connectivity index (χ0) is 8.27. The maximum absolute atomic E-state index is 5.24. The van der Waals surface area contributed by atoms with E-state index in [0.717, 1.165) is 0 Å². The normalized spacial score (nSPS) is 10.8. The number of H-pyrrole nitrogens is 1. The summed E-state index contributed by atoms with van der Waals surface area (Å²) in [5.74, 6) is 0.628. The largest absolute Gasteiger partial charge is 0.371 e. The number of aromatic nitrogens is 2. The second-order valence-corrected chi connectivity index (χ2v) is 2.74. The number of hydrogen-bond donors (Lipinski definition) is 1. The van der Waals surface area contributed by atoms with Gasteiger partial charge in [-0.2, -0.15) is 4.98 Å². The van der Waals surface area contributed by atoms with E-state index >= 15 is 0 Å². The van der Waals surface area contributed by atoms with E-state index < -0.39 is 0 Å². The van der Waals surface area contributed by atoms with Gasteiger partial charge in [0, 0.05) is 0 Å². The van der Waals surface area contributed by atoms with Crippen molar-refractivity contribution in [1.82, 2.24) is 10.1 Å². The van der Waals surface area contributed by atoms with E-state index in [9.17, 15) is 0 Å². The van der Waals surface area contributed by atoms with E-state index in [2.05, 4.69) is 22.4 Å². The number of aromatic amines is 1. The Morgan fingerprint density at radius 3 is 2.91 bits per heavy atom. The molecule has 0 fully saturated rings. The molecular weight excluding hydrogens is 164 g/mol. The van der Waals surface area contributed by atoms with E-state index in [1.54, 1.807) is 0 Å². The number of ether oxygens (including phenoxy) is 1. The van der Waals surface area contributed by atoms with Crippen molar-refractivity contribution in [2.45, 2.75) is 26.6 Å². The highest BCUT2D eigenvalue weighted by atomic mass is 32.1. The molecule has 0 amide bonds. The van der Waals surface area contributed by atoms with Gasteiger partial charge < -0.3 is 9.26 Å². The van der Waals surface area contributed by atoms with Crippen LogP contribution in [-0.2, 0) is 11.3 Å². The van der Waals surface area contributed by atoms with Crippen LogP contribution in [0.1, 0.15) is 19.7 Å². The van der Waals surface area contributed by atoms with Crippen molar-refractivity contribution < 1.29 is 9.26 Å². The zero-order valence-electron chi connectivity index (χ0n) is 6.46. The van der Waals surface area contributed by atoms with Crippen LogP contribution in [0.3, 0.4) is 0 Å². The predicted octanol–water partition coefficient (Wildman–Crippen LogP) is 1.66. The van der Waals surface area contributed by atoms with Gasteiger partial charge in [-0.3, -0.25) is 0 Å². The summed E-state index contributed by atoms with van der Waals surface area (Å²) in [5.41, 5.74) is 0. The fourth-order valence-corrected chi connectivity index (χ4v) is 0.718. The Morgan fingerprint density at radius 1 is 1.73 bits per heavy atom. The second kappa shape index (κ2) is 3.64. The molecule has 0 bridgehead atoms. The average molecular weight is 174 g/mol. The number of rotatable bonds is 3. The van der Waals surface area contributed by atoms with Crippen molar-refractivity contribution in [1.29, 1.82) is 0 Å². The fourth-order valence-electron chi connectivity index (χ4n) is 0.566. The van der Waals surface area contributed by atoms with Crippen LogP contribution in [-0.4, -0.2) is 16.2 Å². The van der Waals surface area contributed by atoms with Crippen molar-refractivity contribution >= 4 is 12.2 Å². The minimum absolute atomic E-state index is 0.189. The summed E-state index contributed by atoms with van der Waals surface area (Å²) in [4.78, 5) is 4.07. The van der Waals surface area contributed by atoms with Crippen molar-refractivity contribution in [3.05, 3.63) is 10.7 Å². The van der Waals surface area contributed by atoms with Crippen LogP contribution in [0.4, 0.5) is 0 Å². The molecule has 1 rings (SSSR count). The summed E-state index contributed by atoms with van der Waals surface area (Å²) in [6.07, 6.45) is 0.189. The van der Waals surface area contributed by atoms with Crippen LogP contribution in [0.2, 0.25) is 0 Å². The van der Waals surface area contributed by atoms with Gasteiger partial charge >= 0.3 is 4.84 Å². The summed E-state index contributed by atoms with van der Waals surface area (Å²) in [6.45, 7) is 4.32. The first-order valence-corrected chi connectivity index (χ1v) is 3.75.